The van der Waals surface area contributed by atoms with Gasteiger partial charge in [0.15, 0.2) is 0 Å². The number of methoxy groups -OCH3 is 1. The van der Waals surface area contributed by atoms with Crippen molar-refractivity contribution in [2.75, 3.05) is 24.7 Å². The van der Waals surface area contributed by atoms with Crippen LogP contribution >= 0.6 is 35.8 Å². The molecule has 0 saturated heterocycles. The molecule has 0 aromatic heterocycles. The van der Waals surface area contributed by atoms with Crippen molar-refractivity contribution in [2.45, 2.75) is 0 Å². The van der Waals surface area contributed by atoms with Gasteiger partial charge in [-0.05, 0) is 12.1 Å². The zero-order valence-corrected chi connectivity index (χ0v) is 10.1. The van der Waals surface area contributed by atoms with Gasteiger partial charge in [0.1, 0.15) is 10.8 Å². The number of halogens is 2. The highest BCUT2D eigenvalue weighted by molar-refractivity contribution is 7.80. The molecule has 1 rings (SSSR count). The number of ether oxygens (including phenoxy) is 1. The second-order valence-corrected chi connectivity index (χ2v) is 3.80. The summed E-state index contributed by atoms with van der Waals surface area (Å²) < 4.78 is 5.03. The van der Waals surface area contributed by atoms with Gasteiger partial charge in [-0.15, -0.1) is 0 Å². The summed E-state index contributed by atoms with van der Waals surface area (Å²) >= 11 is 16.1. The molecule has 0 spiro atoms. The van der Waals surface area contributed by atoms with E-state index in [-0.39, 0.29) is 0 Å². The molecule has 0 aliphatic carbocycles. The van der Waals surface area contributed by atoms with Crippen LogP contribution in [0.5, 0.6) is 5.75 Å². The van der Waals surface area contributed by atoms with Crippen LogP contribution in [0.15, 0.2) is 12.1 Å². The molecular formula is C9H11Cl2NOS. The smallest absolute Gasteiger partial charge is 0.139 e. The SMILES string of the molecule is COc1ccc(NCCS)c(Cl)c1Cl. The summed E-state index contributed by atoms with van der Waals surface area (Å²) in [6.45, 7) is 0.742. The van der Waals surface area contributed by atoms with Gasteiger partial charge in [0.2, 0.25) is 0 Å². The second-order valence-electron chi connectivity index (χ2n) is 2.59. The van der Waals surface area contributed by atoms with Gasteiger partial charge in [-0.1, -0.05) is 23.2 Å². The minimum atomic E-state index is 0.429. The largest absolute Gasteiger partial charge is 0.495 e. The minimum Gasteiger partial charge on any atom is -0.495 e. The van der Waals surface area contributed by atoms with Crippen molar-refractivity contribution in [1.82, 2.24) is 0 Å². The van der Waals surface area contributed by atoms with E-state index in [9.17, 15) is 0 Å². The molecule has 0 unspecified atom stereocenters. The Kier molecular flexibility index (Phi) is 4.72. The molecule has 0 bridgehead atoms. The Bertz CT molecular complexity index is 320. The first kappa shape index (κ1) is 11.8. The molecule has 0 amide bonds. The average molecular weight is 252 g/mol. The van der Waals surface area contributed by atoms with Gasteiger partial charge in [-0.3, -0.25) is 0 Å². The molecule has 5 heteroatoms. The van der Waals surface area contributed by atoms with Crippen LogP contribution in [0.2, 0.25) is 10.0 Å². The first-order valence-electron chi connectivity index (χ1n) is 4.07. The summed E-state index contributed by atoms with van der Waals surface area (Å²) in [5.41, 5.74) is 0.798. The van der Waals surface area contributed by atoms with Crippen molar-refractivity contribution in [3.8, 4) is 5.75 Å². The van der Waals surface area contributed by atoms with Crippen LogP contribution in [-0.2, 0) is 0 Å². The predicted molar refractivity (Wildman–Crippen MR) is 65.4 cm³/mol. The topological polar surface area (TPSA) is 21.3 Å². The van der Waals surface area contributed by atoms with Gasteiger partial charge in [-0.2, -0.15) is 12.6 Å². The Balaban J connectivity index is 2.92. The number of thiol groups is 1. The molecule has 0 aliphatic heterocycles. The highest BCUT2D eigenvalue weighted by atomic mass is 35.5. The first-order chi connectivity index (χ1) is 6.70. The summed E-state index contributed by atoms with van der Waals surface area (Å²) in [5.74, 6) is 1.31. The van der Waals surface area contributed by atoms with Crippen molar-refractivity contribution in [1.29, 1.82) is 0 Å². The van der Waals surface area contributed by atoms with Gasteiger partial charge in [0, 0.05) is 12.3 Å². The third kappa shape index (κ3) is 2.62. The third-order valence-electron chi connectivity index (χ3n) is 1.69. The van der Waals surface area contributed by atoms with Crippen molar-refractivity contribution < 1.29 is 4.74 Å². The number of anilines is 1. The van der Waals surface area contributed by atoms with E-state index in [4.69, 9.17) is 27.9 Å². The summed E-state index contributed by atoms with van der Waals surface area (Å²) in [4.78, 5) is 0. The highest BCUT2D eigenvalue weighted by Crippen LogP contribution is 2.37. The van der Waals surface area contributed by atoms with Crippen LogP contribution in [0.1, 0.15) is 0 Å². The van der Waals surface area contributed by atoms with Crippen LogP contribution < -0.4 is 10.1 Å². The van der Waals surface area contributed by atoms with Gasteiger partial charge < -0.3 is 10.1 Å². The lowest BCUT2D eigenvalue weighted by Gasteiger charge is -2.10. The summed E-state index contributed by atoms with van der Waals surface area (Å²) in [6, 6.07) is 3.60. The first-order valence-corrected chi connectivity index (χ1v) is 5.46. The zero-order valence-electron chi connectivity index (χ0n) is 7.68. The van der Waals surface area contributed by atoms with Crippen molar-refractivity contribution in [2.24, 2.45) is 0 Å². The Labute approximate surface area is 99.0 Å². The lowest BCUT2D eigenvalue weighted by atomic mass is 10.3. The van der Waals surface area contributed by atoms with E-state index in [0.29, 0.717) is 15.8 Å². The maximum absolute atomic E-state index is 6.01. The lowest BCUT2D eigenvalue weighted by Crippen LogP contribution is -2.03. The molecule has 1 aromatic rings. The zero-order chi connectivity index (χ0) is 10.6. The van der Waals surface area contributed by atoms with Gasteiger partial charge in [0.25, 0.3) is 0 Å². The van der Waals surface area contributed by atoms with Crippen molar-refractivity contribution in [3.05, 3.63) is 22.2 Å². The molecule has 0 heterocycles. The maximum Gasteiger partial charge on any atom is 0.139 e. The van der Waals surface area contributed by atoms with Crippen LogP contribution in [0, 0.1) is 0 Å². The molecule has 0 radical (unpaired) electrons. The molecule has 0 fully saturated rings. The summed E-state index contributed by atoms with van der Waals surface area (Å²) in [7, 11) is 1.55. The number of hydrogen-bond donors (Lipinski definition) is 2. The molecule has 0 aliphatic rings. The lowest BCUT2D eigenvalue weighted by molar-refractivity contribution is 0.415. The predicted octanol–water partition coefficient (Wildman–Crippen LogP) is 3.34. The fourth-order valence-corrected chi connectivity index (χ4v) is 1.59. The molecule has 1 N–H and O–H groups in total. The average Bonchev–Trinajstić information content (AvgIpc) is 2.20. The molecule has 1 aromatic carbocycles. The van der Waals surface area contributed by atoms with E-state index >= 15 is 0 Å². The third-order valence-corrected chi connectivity index (χ3v) is 2.78. The van der Waals surface area contributed by atoms with Gasteiger partial charge >= 0.3 is 0 Å². The minimum absolute atomic E-state index is 0.429. The summed E-state index contributed by atoms with van der Waals surface area (Å²) in [6.07, 6.45) is 0. The van der Waals surface area contributed by atoms with E-state index in [1.165, 1.54) is 0 Å². The normalized spacial score (nSPS) is 10.0. The van der Waals surface area contributed by atoms with Crippen molar-refractivity contribution in [3.63, 3.8) is 0 Å². The number of benzene rings is 1. The van der Waals surface area contributed by atoms with E-state index in [1.807, 2.05) is 6.07 Å². The van der Waals surface area contributed by atoms with E-state index in [0.717, 1.165) is 18.0 Å². The maximum atomic E-state index is 6.01. The molecular weight excluding hydrogens is 241 g/mol. The van der Waals surface area contributed by atoms with Crippen LogP contribution in [-0.4, -0.2) is 19.4 Å². The van der Waals surface area contributed by atoms with Crippen LogP contribution in [0.3, 0.4) is 0 Å². The summed E-state index contributed by atoms with van der Waals surface area (Å²) in [5, 5.41) is 4.01. The van der Waals surface area contributed by atoms with E-state index < -0.39 is 0 Å². The second kappa shape index (κ2) is 5.59. The number of nitrogens with one attached hydrogen (secondary N) is 1. The molecule has 0 atom stereocenters. The van der Waals surface area contributed by atoms with Crippen molar-refractivity contribution >= 4 is 41.5 Å². The quantitative estimate of drug-likeness (QED) is 0.802. The fraction of sp³-hybridized carbons (Fsp3) is 0.333. The Morgan fingerprint density at radius 2 is 2.07 bits per heavy atom. The Morgan fingerprint density at radius 3 is 2.64 bits per heavy atom. The monoisotopic (exact) mass is 251 g/mol. The Hall–Kier alpha value is -0.250. The van der Waals surface area contributed by atoms with Gasteiger partial charge in [-0.25, -0.2) is 0 Å². The van der Waals surface area contributed by atoms with E-state index in [1.54, 1.807) is 13.2 Å². The molecule has 78 valence electrons. The Morgan fingerprint density at radius 1 is 1.36 bits per heavy atom. The number of rotatable bonds is 4. The van der Waals surface area contributed by atoms with Crippen LogP contribution in [0.25, 0.3) is 0 Å². The number of hydrogen-bond acceptors (Lipinski definition) is 3. The van der Waals surface area contributed by atoms with Gasteiger partial charge in [0.05, 0.1) is 17.8 Å². The fourth-order valence-electron chi connectivity index (χ4n) is 1.02. The molecule has 0 saturated carbocycles. The van der Waals surface area contributed by atoms with Crippen LogP contribution in [0.4, 0.5) is 5.69 Å². The molecule has 2 nitrogen and oxygen atoms in total. The van der Waals surface area contributed by atoms with E-state index in [2.05, 4.69) is 17.9 Å². The standard InChI is InChI=1S/C9H11Cl2NOS/c1-13-7-3-2-6(12-4-5-14)8(10)9(7)11/h2-3,12,14H,4-5H2,1H3. The highest BCUT2D eigenvalue weighted by Gasteiger charge is 2.09. The molecule has 14 heavy (non-hydrogen) atoms.